The summed E-state index contributed by atoms with van der Waals surface area (Å²) in [6.45, 7) is 3.53. The van der Waals surface area contributed by atoms with Gasteiger partial charge in [0.05, 0.1) is 11.4 Å². The summed E-state index contributed by atoms with van der Waals surface area (Å²) in [5, 5.41) is 1.03. The molecule has 0 aliphatic carbocycles. The number of nitrogens with zero attached hydrogens (tertiary/aromatic N) is 2. The van der Waals surface area contributed by atoms with Crippen molar-refractivity contribution in [2.45, 2.75) is 24.7 Å². The van der Waals surface area contributed by atoms with Gasteiger partial charge in [0.1, 0.15) is 5.01 Å². The minimum Gasteiger partial charge on any atom is -0.335 e. The fourth-order valence-corrected chi connectivity index (χ4v) is 2.79. The lowest BCUT2D eigenvalue weighted by Crippen LogP contribution is -2.26. The van der Waals surface area contributed by atoms with Gasteiger partial charge >= 0.3 is 0 Å². The Morgan fingerprint density at radius 2 is 2.57 bits per heavy atom. The minimum atomic E-state index is 0.0172. The van der Waals surface area contributed by atoms with Crippen molar-refractivity contribution in [2.75, 3.05) is 6.54 Å². The first-order valence-corrected chi connectivity index (χ1v) is 6.24. The normalized spacial score (nSPS) is 22.0. The molecular formula is C9H11BrN2OS. The highest BCUT2D eigenvalue weighted by Crippen LogP contribution is 2.22. The van der Waals surface area contributed by atoms with Gasteiger partial charge in [0.25, 0.3) is 0 Å². The molecule has 0 saturated carbocycles. The summed E-state index contributed by atoms with van der Waals surface area (Å²) >= 11 is 5.01. The van der Waals surface area contributed by atoms with Gasteiger partial charge in [-0.25, -0.2) is 4.98 Å². The number of hydrogen-bond acceptors (Lipinski definition) is 3. The topological polar surface area (TPSA) is 33.2 Å². The smallest absolute Gasteiger partial charge is 0.236 e. The summed E-state index contributed by atoms with van der Waals surface area (Å²) in [5.74, 6) is 0.192. The Morgan fingerprint density at radius 1 is 1.79 bits per heavy atom. The Bertz CT molecular complexity index is 352. The maximum atomic E-state index is 11.6. The number of hydrogen-bond donors (Lipinski definition) is 0. The van der Waals surface area contributed by atoms with Gasteiger partial charge in [0.2, 0.25) is 5.91 Å². The van der Waals surface area contributed by atoms with Gasteiger partial charge in [-0.05, 0) is 13.3 Å². The van der Waals surface area contributed by atoms with Crippen LogP contribution in [-0.2, 0) is 11.3 Å². The molecular weight excluding hydrogens is 264 g/mol. The lowest BCUT2D eigenvalue weighted by Gasteiger charge is -2.13. The molecule has 1 aliphatic heterocycles. The molecule has 76 valence electrons. The van der Waals surface area contributed by atoms with Crippen LogP contribution in [-0.4, -0.2) is 27.2 Å². The molecule has 0 spiro atoms. The van der Waals surface area contributed by atoms with Crippen molar-refractivity contribution >= 4 is 33.2 Å². The molecule has 1 amide bonds. The van der Waals surface area contributed by atoms with Gasteiger partial charge < -0.3 is 4.90 Å². The van der Waals surface area contributed by atoms with Crippen molar-refractivity contribution in [1.82, 2.24) is 9.88 Å². The molecule has 2 heterocycles. The molecule has 1 aromatic rings. The van der Waals surface area contributed by atoms with Gasteiger partial charge in [0.15, 0.2) is 0 Å². The number of likely N-dealkylation sites (tertiary alicyclic amines) is 1. The second-order valence-corrected chi connectivity index (χ2v) is 5.81. The van der Waals surface area contributed by atoms with Gasteiger partial charge in [-0.15, -0.1) is 11.3 Å². The number of amides is 1. The Labute approximate surface area is 95.3 Å². The Kier molecular flexibility index (Phi) is 2.88. The zero-order chi connectivity index (χ0) is 10.1. The third-order valence-electron chi connectivity index (χ3n) is 2.23. The molecule has 1 fully saturated rings. The molecule has 0 aromatic carbocycles. The lowest BCUT2D eigenvalue weighted by molar-refractivity contribution is -0.127. The monoisotopic (exact) mass is 274 g/mol. The van der Waals surface area contributed by atoms with E-state index in [1.54, 1.807) is 11.3 Å². The Balaban J connectivity index is 2.02. The molecule has 1 atom stereocenters. The van der Waals surface area contributed by atoms with Crippen LogP contribution >= 0.6 is 27.3 Å². The fourth-order valence-electron chi connectivity index (χ4n) is 1.50. The van der Waals surface area contributed by atoms with Gasteiger partial charge in [-0.2, -0.15) is 0 Å². The van der Waals surface area contributed by atoms with E-state index in [9.17, 15) is 4.79 Å². The van der Waals surface area contributed by atoms with Crippen molar-refractivity contribution in [2.24, 2.45) is 0 Å². The highest BCUT2D eigenvalue weighted by atomic mass is 79.9. The average Bonchev–Trinajstić information content (AvgIpc) is 2.67. The van der Waals surface area contributed by atoms with Crippen molar-refractivity contribution in [3.8, 4) is 0 Å². The molecule has 14 heavy (non-hydrogen) atoms. The number of carbonyl (C=O) groups excluding carboxylic acids is 1. The molecule has 3 nitrogen and oxygen atoms in total. The molecule has 5 heteroatoms. The molecule has 0 N–H and O–H groups in total. The van der Waals surface area contributed by atoms with Crippen LogP contribution in [0, 0.1) is 6.92 Å². The third kappa shape index (κ3) is 1.98. The number of rotatable bonds is 2. The number of thiazole rings is 1. The van der Waals surface area contributed by atoms with Crippen molar-refractivity contribution in [3.05, 3.63) is 16.1 Å². The highest BCUT2D eigenvalue weighted by molar-refractivity contribution is 9.10. The summed E-state index contributed by atoms with van der Waals surface area (Å²) in [4.78, 5) is 18.9. The van der Waals surface area contributed by atoms with E-state index in [2.05, 4.69) is 20.9 Å². The van der Waals surface area contributed by atoms with E-state index in [1.807, 2.05) is 18.0 Å². The van der Waals surface area contributed by atoms with Crippen LogP contribution in [0.3, 0.4) is 0 Å². The molecule has 0 bridgehead atoms. The predicted molar refractivity (Wildman–Crippen MR) is 59.6 cm³/mol. The van der Waals surface area contributed by atoms with Crippen LogP contribution in [0.5, 0.6) is 0 Å². The van der Waals surface area contributed by atoms with E-state index in [4.69, 9.17) is 0 Å². The summed E-state index contributed by atoms with van der Waals surface area (Å²) in [5.41, 5.74) is 0. The Morgan fingerprint density at radius 3 is 3.07 bits per heavy atom. The molecule has 1 saturated heterocycles. The maximum absolute atomic E-state index is 11.6. The lowest BCUT2D eigenvalue weighted by atomic mass is 10.4. The number of carbonyl (C=O) groups is 1. The summed E-state index contributed by atoms with van der Waals surface area (Å²) in [7, 11) is 0. The summed E-state index contributed by atoms with van der Waals surface area (Å²) in [6, 6.07) is 0. The van der Waals surface area contributed by atoms with Gasteiger partial charge in [-0.3, -0.25) is 4.79 Å². The third-order valence-corrected chi connectivity index (χ3v) is 3.97. The summed E-state index contributed by atoms with van der Waals surface area (Å²) in [6.07, 6.45) is 2.76. The van der Waals surface area contributed by atoms with Gasteiger partial charge in [-0.1, -0.05) is 15.9 Å². The first-order valence-electron chi connectivity index (χ1n) is 4.51. The Hall–Kier alpha value is -0.420. The van der Waals surface area contributed by atoms with Crippen molar-refractivity contribution in [1.29, 1.82) is 0 Å². The zero-order valence-corrected chi connectivity index (χ0v) is 10.3. The fraction of sp³-hybridized carbons (Fsp3) is 0.556. The molecule has 1 aromatic heterocycles. The van der Waals surface area contributed by atoms with Crippen molar-refractivity contribution in [3.63, 3.8) is 0 Å². The van der Waals surface area contributed by atoms with E-state index in [1.165, 1.54) is 4.88 Å². The van der Waals surface area contributed by atoms with Crippen molar-refractivity contribution < 1.29 is 4.79 Å². The average molecular weight is 275 g/mol. The quantitative estimate of drug-likeness (QED) is 0.773. The molecule has 1 aliphatic rings. The van der Waals surface area contributed by atoms with Crippen LogP contribution in [0.25, 0.3) is 0 Å². The van der Waals surface area contributed by atoms with E-state index in [-0.39, 0.29) is 10.7 Å². The minimum absolute atomic E-state index is 0.0172. The highest BCUT2D eigenvalue weighted by Gasteiger charge is 2.29. The predicted octanol–water partition coefficient (Wildman–Crippen LogP) is 1.95. The molecule has 2 rings (SSSR count). The second kappa shape index (κ2) is 3.98. The maximum Gasteiger partial charge on any atom is 0.236 e. The van der Waals surface area contributed by atoms with Crippen LogP contribution in [0.4, 0.5) is 0 Å². The molecule has 1 unspecified atom stereocenters. The van der Waals surface area contributed by atoms with Crippen LogP contribution in [0.2, 0.25) is 0 Å². The van der Waals surface area contributed by atoms with Crippen LogP contribution in [0.15, 0.2) is 6.20 Å². The number of aromatic nitrogens is 1. The van der Waals surface area contributed by atoms with E-state index in [0.29, 0.717) is 6.54 Å². The van der Waals surface area contributed by atoms with Crippen LogP contribution < -0.4 is 0 Å². The molecule has 0 radical (unpaired) electrons. The van der Waals surface area contributed by atoms with E-state index >= 15 is 0 Å². The van der Waals surface area contributed by atoms with Crippen LogP contribution in [0.1, 0.15) is 16.3 Å². The second-order valence-electron chi connectivity index (χ2n) is 3.38. The standard InChI is InChI=1S/C9H11BrN2OS/c1-6-4-11-8(14-6)5-12-3-2-7(10)9(12)13/h4,7H,2-3,5H2,1H3. The van der Waals surface area contributed by atoms with E-state index < -0.39 is 0 Å². The number of aryl methyl sites for hydroxylation is 1. The largest absolute Gasteiger partial charge is 0.335 e. The summed E-state index contributed by atoms with van der Waals surface area (Å²) < 4.78 is 0. The number of halogens is 1. The zero-order valence-electron chi connectivity index (χ0n) is 7.86. The SMILES string of the molecule is Cc1cnc(CN2CCC(Br)C2=O)s1. The first kappa shape index (κ1) is 10.1. The van der Waals surface area contributed by atoms with Gasteiger partial charge in [0, 0.05) is 17.6 Å². The first-order chi connectivity index (χ1) is 6.66. The van der Waals surface area contributed by atoms with E-state index in [0.717, 1.165) is 18.0 Å². The number of alkyl halides is 1.